The summed E-state index contributed by atoms with van der Waals surface area (Å²) in [6, 6.07) is 0. The lowest BCUT2D eigenvalue weighted by atomic mass is 10.3. The van der Waals surface area contributed by atoms with E-state index in [1.165, 1.54) is 6.08 Å². The number of nitrogens with two attached hydrogens (primary N) is 1. The summed E-state index contributed by atoms with van der Waals surface area (Å²) in [7, 11) is 0. The van der Waals surface area contributed by atoms with Crippen molar-refractivity contribution in [2.75, 3.05) is 0 Å². The molecule has 1 aliphatic rings. The minimum atomic E-state index is -0.00750. The topological polar surface area (TPSA) is 72.8 Å². The van der Waals surface area contributed by atoms with Crippen LogP contribution in [0.15, 0.2) is 11.8 Å². The molecule has 1 fully saturated rings. The number of rotatable bonds is 2. The molecule has 0 aliphatic heterocycles. The lowest BCUT2D eigenvalue weighted by Gasteiger charge is -1.87. The van der Waals surface area contributed by atoms with Gasteiger partial charge in [-0.15, -0.1) is 0 Å². The van der Waals surface area contributed by atoms with Crippen LogP contribution in [0.1, 0.15) is 12.8 Å². The number of allylic oxidation sites excluding steroid dienone is 1. The quantitative estimate of drug-likeness (QED) is 0.232. The SMILES string of the molecule is N=C(N)/C=C(\[OH2+])C1CC1. The first kappa shape index (κ1) is 6.13. The Kier molecular flexibility index (Phi) is 1.42. The number of hydrogen-bond donors (Lipinski definition) is 2. The van der Waals surface area contributed by atoms with Crippen molar-refractivity contribution < 1.29 is 5.11 Å². The maximum absolute atomic E-state index is 7.26. The van der Waals surface area contributed by atoms with Gasteiger partial charge in [0.1, 0.15) is 5.84 Å². The van der Waals surface area contributed by atoms with Gasteiger partial charge in [0.25, 0.3) is 0 Å². The van der Waals surface area contributed by atoms with Gasteiger partial charge in [0.2, 0.25) is 5.76 Å². The molecule has 0 radical (unpaired) electrons. The lowest BCUT2D eigenvalue weighted by molar-refractivity contribution is 0.380. The maximum Gasteiger partial charge on any atom is 0.235 e. The highest BCUT2D eigenvalue weighted by molar-refractivity contribution is 5.88. The first-order valence-corrected chi connectivity index (χ1v) is 2.97. The summed E-state index contributed by atoms with van der Waals surface area (Å²) in [4.78, 5) is 0. The molecule has 50 valence electrons. The third-order valence-corrected chi connectivity index (χ3v) is 1.33. The summed E-state index contributed by atoms with van der Waals surface area (Å²) < 4.78 is 0. The molecule has 1 aliphatic carbocycles. The first-order valence-electron chi connectivity index (χ1n) is 2.97. The van der Waals surface area contributed by atoms with Crippen LogP contribution in [0.25, 0.3) is 0 Å². The van der Waals surface area contributed by atoms with Crippen LogP contribution < -0.4 is 5.73 Å². The van der Waals surface area contributed by atoms with Crippen molar-refractivity contribution in [1.29, 1.82) is 5.41 Å². The summed E-state index contributed by atoms with van der Waals surface area (Å²) in [6.07, 6.45) is 3.61. The number of nitrogens with one attached hydrogen (secondary N) is 1. The number of amidine groups is 1. The summed E-state index contributed by atoms with van der Waals surface area (Å²) in [5, 5.41) is 14.1. The Hall–Kier alpha value is -0.990. The van der Waals surface area contributed by atoms with E-state index in [1.54, 1.807) is 0 Å². The van der Waals surface area contributed by atoms with Gasteiger partial charge in [0.05, 0.1) is 12.0 Å². The Morgan fingerprint density at radius 1 is 1.67 bits per heavy atom. The van der Waals surface area contributed by atoms with Crippen LogP contribution in [-0.2, 0) is 0 Å². The molecule has 0 aromatic heterocycles. The first-order chi connectivity index (χ1) is 4.20. The zero-order valence-corrected chi connectivity index (χ0v) is 5.15. The smallest absolute Gasteiger partial charge is 0.235 e. The Labute approximate surface area is 53.7 Å². The van der Waals surface area contributed by atoms with E-state index in [1.807, 2.05) is 0 Å². The van der Waals surface area contributed by atoms with E-state index in [2.05, 4.69) is 0 Å². The van der Waals surface area contributed by atoms with Crippen LogP contribution in [0.4, 0.5) is 0 Å². The van der Waals surface area contributed by atoms with Crippen LogP contribution in [0.5, 0.6) is 0 Å². The average Bonchev–Trinajstić information content (AvgIpc) is 2.40. The van der Waals surface area contributed by atoms with E-state index in [0.717, 1.165) is 12.8 Å². The zero-order valence-electron chi connectivity index (χ0n) is 5.15. The molecule has 0 heterocycles. The van der Waals surface area contributed by atoms with Gasteiger partial charge in [0, 0.05) is 0 Å². The molecule has 0 unspecified atom stereocenters. The van der Waals surface area contributed by atoms with E-state index >= 15 is 0 Å². The van der Waals surface area contributed by atoms with Gasteiger partial charge in [0.15, 0.2) is 0 Å². The van der Waals surface area contributed by atoms with Crippen LogP contribution in [0.3, 0.4) is 0 Å². The Bertz CT molecular complexity index is 158. The highest BCUT2D eigenvalue weighted by Crippen LogP contribution is 2.34. The molecule has 0 aromatic carbocycles. The molecule has 0 saturated heterocycles. The largest absolute Gasteiger partial charge is 0.596 e. The molecule has 0 bridgehead atoms. The van der Waals surface area contributed by atoms with Gasteiger partial charge in [-0.25, -0.2) is 0 Å². The zero-order chi connectivity index (χ0) is 6.85. The van der Waals surface area contributed by atoms with Gasteiger partial charge >= 0.3 is 0 Å². The molecule has 0 spiro atoms. The van der Waals surface area contributed by atoms with Crippen molar-refractivity contribution in [2.24, 2.45) is 11.7 Å². The summed E-state index contributed by atoms with van der Waals surface area (Å²) in [5.74, 6) is 0.920. The van der Waals surface area contributed by atoms with E-state index in [0.29, 0.717) is 11.7 Å². The molecule has 1 rings (SSSR count). The Morgan fingerprint density at radius 2 is 2.22 bits per heavy atom. The normalized spacial score (nSPS) is 19.8. The standard InChI is InChI=1S/C6H10N2O/c7-6(8)3-5(9)4-1-2-4/h3-4,9H,1-2H2,(H3,7,8)/p+1/b5-3-. The Balaban J connectivity index is 2.47. The van der Waals surface area contributed by atoms with Crippen LogP contribution >= 0.6 is 0 Å². The predicted molar refractivity (Wildman–Crippen MR) is 36.3 cm³/mol. The van der Waals surface area contributed by atoms with E-state index < -0.39 is 0 Å². The fourth-order valence-electron chi connectivity index (χ4n) is 0.680. The van der Waals surface area contributed by atoms with Crippen molar-refractivity contribution in [1.82, 2.24) is 0 Å². The van der Waals surface area contributed by atoms with Crippen LogP contribution in [0, 0.1) is 11.3 Å². The van der Waals surface area contributed by atoms with Crippen molar-refractivity contribution in [3.8, 4) is 0 Å². The van der Waals surface area contributed by atoms with Crippen molar-refractivity contribution in [3.05, 3.63) is 11.8 Å². The second-order valence-electron chi connectivity index (χ2n) is 2.33. The van der Waals surface area contributed by atoms with Gasteiger partial charge in [-0.1, -0.05) is 0 Å². The molecule has 9 heavy (non-hydrogen) atoms. The summed E-state index contributed by atoms with van der Waals surface area (Å²) in [5.41, 5.74) is 5.05. The van der Waals surface area contributed by atoms with E-state index in [-0.39, 0.29) is 5.84 Å². The summed E-state index contributed by atoms with van der Waals surface area (Å²) in [6.45, 7) is 0. The van der Waals surface area contributed by atoms with Crippen molar-refractivity contribution in [2.45, 2.75) is 12.8 Å². The monoisotopic (exact) mass is 127 g/mol. The Morgan fingerprint density at radius 3 is 2.56 bits per heavy atom. The second kappa shape index (κ2) is 2.09. The van der Waals surface area contributed by atoms with Crippen molar-refractivity contribution >= 4 is 5.84 Å². The second-order valence-corrected chi connectivity index (χ2v) is 2.33. The van der Waals surface area contributed by atoms with Crippen LogP contribution in [0.2, 0.25) is 0 Å². The highest BCUT2D eigenvalue weighted by Gasteiger charge is 2.29. The molecular formula is C6H11N2O+. The molecule has 0 amide bonds. The van der Waals surface area contributed by atoms with Crippen LogP contribution in [-0.4, -0.2) is 10.9 Å². The van der Waals surface area contributed by atoms with Crippen molar-refractivity contribution in [3.63, 3.8) is 0 Å². The molecular weight excluding hydrogens is 116 g/mol. The minimum Gasteiger partial charge on any atom is -0.596 e. The predicted octanol–water partition coefficient (Wildman–Crippen LogP) is -0.0591. The fourth-order valence-corrected chi connectivity index (χ4v) is 0.680. The third kappa shape index (κ3) is 1.76. The average molecular weight is 127 g/mol. The fraction of sp³-hybridized carbons (Fsp3) is 0.500. The maximum atomic E-state index is 7.26. The van der Waals surface area contributed by atoms with Gasteiger partial charge in [-0.3, -0.25) is 5.41 Å². The third-order valence-electron chi connectivity index (χ3n) is 1.33. The van der Waals surface area contributed by atoms with Gasteiger partial charge in [-0.05, 0) is 12.8 Å². The molecule has 3 heteroatoms. The van der Waals surface area contributed by atoms with E-state index in [9.17, 15) is 0 Å². The highest BCUT2D eigenvalue weighted by atomic mass is 16.3. The molecule has 1 saturated carbocycles. The van der Waals surface area contributed by atoms with Gasteiger partial charge < -0.3 is 10.8 Å². The molecule has 0 atom stereocenters. The number of hydrogen-bond acceptors (Lipinski definition) is 1. The summed E-state index contributed by atoms with van der Waals surface area (Å²) >= 11 is 0. The minimum absolute atomic E-state index is 0.00750. The van der Waals surface area contributed by atoms with Gasteiger partial charge in [-0.2, -0.15) is 0 Å². The molecule has 5 N–H and O–H groups in total. The molecule has 0 aromatic rings. The van der Waals surface area contributed by atoms with E-state index in [4.69, 9.17) is 16.2 Å². The lowest BCUT2D eigenvalue weighted by Crippen LogP contribution is -2.06. The molecule has 3 nitrogen and oxygen atoms in total.